The van der Waals surface area contributed by atoms with E-state index in [1.165, 1.54) is 19.2 Å². The van der Waals surface area contributed by atoms with Crippen molar-refractivity contribution in [3.05, 3.63) is 28.0 Å². The monoisotopic (exact) mass is 262 g/mol. The van der Waals surface area contributed by atoms with Gasteiger partial charge in [0.15, 0.2) is 11.6 Å². The highest BCUT2D eigenvalue weighted by Gasteiger charge is 2.12. The molecule has 0 unspecified atom stereocenters. The van der Waals surface area contributed by atoms with Gasteiger partial charge in [-0.2, -0.15) is 0 Å². The molecule has 0 fully saturated rings. The Labute approximate surface area is 88.6 Å². The zero-order valence-electron chi connectivity index (χ0n) is 7.38. The predicted molar refractivity (Wildman–Crippen MR) is 51.5 cm³/mol. The van der Waals surface area contributed by atoms with Crippen LogP contribution in [0.25, 0.3) is 0 Å². The lowest BCUT2D eigenvalue weighted by Gasteiger charge is -2.04. The highest BCUT2D eigenvalue weighted by molar-refractivity contribution is 9.10. The van der Waals surface area contributed by atoms with Crippen molar-refractivity contribution >= 4 is 21.9 Å². The molecule has 5 heteroatoms. The number of rotatable bonds is 2. The summed E-state index contributed by atoms with van der Waals surface area (Å²) >= 11 is 3.08. The van der Waals surface area contributed by atoms with E-state index >= 15 is 0 Å². The molecule has 76 valence electrons. The molecule has 0 spiro atoms. The summed E-state index contributed by atoms with van der Waals surface area (Å²) in [5.74, 6) is -1.83. The van der Waals surface area contributed by atoms with Crippen LogP contribution < -0.4 is 0 Å². The third-order valence-corrected chi connectivity index (χ3v) is 2.11. The van der Waals surface area contributed by atoms with Crippen LogP contribution in [0, 0.1) is 5.82 Å². The fourth-order valence-corrected chi connectivity index (χ4v) is 1.48. The minimum absolute atomic E-state index is 0.101. The summed E-state index contributed by atoms with van der Waals surface area (Å²) in [6.45, 7) is 0. The van der Waals surface area contributed by atoms with Crippen LogP contribution in [0.4, 0.5) is 4.39 Å². The Morgan fingerprint density at radius 3 is 2.86 bits per heavy atom. The topological polar surface area (TPSA) is 46.5 Å². The first-order chi connectivity index (χ1) is 6.54. The van der Waals surface area contributed by atoms with Crippen LogP contribution in [-0.4, -0.2) is 18.2 Å². The lowest BCUT2D eigenvalue weighted by Crippen LogP contribution is -2.06. The maximum absolute atomic E-state index is 13.2. The molecule has 0 saturated heterocycles. The minimum Gasteiger partial charge on any atom is -0.505 e. The Morgan fingerprint density at radius 1 is 1.64 bits per heavy atom. The molecule has 0 saturated carbocycles. The van der Waals surface area contributed by atoms with Gasteiger partial charge >= 0.3 is 5.97 Å². The van der Waals surface area contributed by atoms with E-state index in [0.717, 1.165) is 0 Å². The first-order valence-corrected chi connectivity index (χ1v) is 4.57. The summed E-state index contributed by atoms with van der Waals surface area (Å²) in [6.07, 6.45) is -0.199. The van der Waals surface area contributed by atoms with Gasteiger partial charge in [-0.15, -0.1) is 0 Å². The van der Waals surface area contributed by atoms with Crippen molar-refractivity contribution in [1.29, 1.82) is 0 Å². The van der Waals surface area contributed by atoms with Gasteiger partial charge in [-0.25, -0.2) is 4.39 Å². The molecule has 0 aromatic heterocycles. The summed E-state index contributed by atoms with van der Waals surface area (Å²) < 4.78 is 18.1. The van der Waals surface area contributed by atoms with Gasteiger partial charge in [0.1, 0.15) is 0 Å². The van der Waals surface area contributed by atoms with E-state index in [4.69, 9.17) is 5.11 Å². The molecule has 0 radical (unpaired) electrons. The molecule has 1 N–H and O–H groups in total. The van der Waals surface area contributed by atoms with E-state index < -0.39 is 17.5 Å². The molecule has 0 aliphatic carbocycles. The third-order valence-electron chi connectivity index (χ3n) is 1.66. The van der Waals surface area contributed by atoms with Crippen LogP contribution in [-0.2, 0) is 16.0 Å². The van der Waals surface area contributed by atoms with Crippen LogP contribution in [0.5, 0.6) is 5.75 Å². The fourth-order valence-electron chi connectivity index (χ4n) is 0.986. The molecule has 0 bridgehead atoms. The Hall–Kier alpha value is -1.10. The number of methoxy groups -OCH3 is 1. The normalized spacial score (nSPS) is 9.93. The van der Waals surface area contributed by atoms with Crippen LogP contribution >= 0.6 is 15.9 Å². The quantitative estimate of drug-likeness (QED) is 0.830. The molecular formula is C9H8BrFO3. The van der Waals surface area contributed by atoms with Gasteiger partial charge in [-0.3, -0.25) is 4.79 Å². The average molecular weight is 263 g/mol. The third kappa shape index (κ3) is 2.45. The van der Waals surface area contributed by atoms with Crippen molar-refractivity contribution < 1.29 is 19.0 Å². The van der Waals surface area contributed by atoms with Crippen molar-refractivity contribution in [3.8, 4) is 5.75 Å². The molecule has 3 nitrogen and oxygen atoms in total. The van der Waals surface area contributed by atoms with Gasteiger partial charge in [-0.05, 0) is 12.1 Å². The fraction of sp³-hybridized carbons (Fsp3) is 0.222. The zero-order chi connectivity index (χ0) is 10.7. The predicted octanol–water partition coefficient (Wildman–Crippen LogP) is 2.01. The van der Waals surface area contributed by atoms with Crippen molar-refractivity contribution in [2.45, 2.75) is 6.42 Å². The van der Waals surface area contributed by atoms with Gasteiger partial charge in [0, 0.05) is 10.0 Å². The highest BCUT2D eigenvalue weighted by Crippen LogP contribution is 2.25. The molecule has 0 amide bonds. The molecular weight excluding hydrogens is 255 g/mol. The van der Waals surface area contributed by atoms with E-state index in [-0.39, 0.29) is 12.0 Å². The number of carbonyl (C=O) groups is 1. The Balaban J connectivity index is 3.02. The second-order valence-corrected chi connectivity index (χ2v) is 3.57. The van der Waals surface area contributed by atoms with Gasteiger partial charge in [-0.1, -0.05) is 15.9 Å². The first-order valence-electron chi connectivity index (χ1n) is 3.78. The van der Waals surface area contributed by atoms with Crippen molar-refractivity contribution in [1.82, 2.24) is 0 Å². The zero-order valence-corrected chi connectivity index (χ0v) is 8.97. The molecule has 0 heterocycles. The molecule has 0 atom stereocenters. The van der Waals surface area contributed by atoms with Crippen molar-refractivity contribution in [3.63, 3.8) is 0 Å². The Kier molecular flexibility index (Phi) is 3.46. The second-order valence-electron chi connectivity index (χ2n) is 2.65. The molecule has 1 aromatic rings. The van der Waals surface area contributed by atoms with E-state index in [1.54, 1.807) is 0 Å². The highest BCUT2D eigenvalue weighted by atomic mass is 79.9. The van der Waals surface area contributed by atoms with Crippen LogP contribution in [0.15, 0.2) is 16.6 Å². The number of esters is 1. The van der Waals surface area contributed by atoms with E-state index in [9.17, 15) is 9.18 Å². The number of hydrogen-bond donors (Lipinski definition) is 1. The Bertz CT molecular complexity index is 365. The van der Waals surface area contributed by atoms with Gasteiger partial charge in [0.05, 0.1) is 13.5 Å². The summed E-state index contributed by atoms with van der Waals surface area (Å²) in [6, 6.07) is 2.64. The number of phenolic OH excluding ortho intramolecular Hbond substituents is 1. The summed E-state index contributed by atoms with van der Waals surface area (Å²) in [5, 5.41) is 9.11. The van der Waals surface area contributed by atoms with E-state index in [2.05, 4.69) is 20.7 Å². The number of aromatic hydroxyl groups is 1. The number of benzene rings is 1. The number of halogens is 2. The molecule has 14 heavy (non-hydrogen) atoms. The largest absolute Gasteiger partial charge is 0.505 e. The van der Waals surface area contributed by atoms with Crippen molar-refractivity contribution in [2.75, 3.05) is 7.11 Å². The maximum Gasteiger partial charge on any atom is 0.310 e. The lowest BCUT2D eigenvalue weighted by atomic mass is 10.1. The summed E-state index contributed by atoms with van der Waals surface area (Å²) in [4.78, 5) is 10.9. The van der Waals surface area contributed by atoms with Crippen LogP contribution in [0.3, 0.4) is 0 Å². The summed E-state index contributed by atoms with van der Waals surface area (Å²) in [5.41, 5.74) is 0.101. The van der Waals surface area contributed by atoms with Gasteiger partial charge < -0.3 is 9.84 Å². The number of carbonyl (C=O) groups excluding carboxylic acids is 1. The number of ether oxygens (including phenoxy) is 1. The van der Waals surface area contributed by atoms with Gasteiger partial charge in [0.25, 0.3) is 0 Å². The molecule has 0 aliphatic heterocycles. The SMILES string of the molecule is COC(=O)Cc1cc(Br)cc(O)c1F. The average Bonchev–Trinajstić information content (AvgIpc) is 2.13. The van der Waals surface area contributed by atoms with E-state index in [0.29, 0.717) is 4.47 Å². The standard InChI is InChI=1S/C9H8BrFO3/c1-14-8(13)3-5-2-6(10)4-7(12)9(5)11/h2,4,12H,3H2,1H3. The maximum atomic E-state index is 13.2. The van der Waals surface area contributed by atoms with Gasteiger partial charge in [0.2, 0.25) is 0 Å². The second kappa shape index (κ2) is 4.41. The molecule has 1 aromatic carbocycles. The minimum atomic E-state index is -0.793. The number of hydrogen-bond acceptors (Lipinski definition) is 3. The van der Waals surface area contributed by atoms with E-state index in [1.807, 2.05) is 0 Å². The smallest absolute Gasteiger partial charge is 0.310 e. The molecule has 1 rings (SSSR count). The number of phenols is 1. The van der Waals surface area contributed by atoms with Crippen molar-refractivity contribution in [2.24, 2.45) is 0 Å². The lowest BCUT2D eigenvalue weighted by molar-refractivity contribution is -0.139. The molecule has 0 aliphatic rings. The summed E-state index contributed by atoms with van der Waals surface area (Å²) in [7, 11) is 1.22. The Morgan fingerprint density at radius 2 is 2.29 bits per heavy atom. The van der Waals surface area contributed by atoms with Crippen LogP contribution in [0.2, 0.25) is 0 Å². The first kappa shape index (κ1) is 11.0. The van der Waals surface area contributed by atoms with Crippen LogP contribution in [0.1, 0.15) is 5.56 Å².